The fourth-order valence-electron chi connectivity index (χ4n) is 6.26. The van der Waals surface area contributed by atoms with Crippen molar-refractivity contribution in [3.05, 3.63) is 65.1 Å². The van der Waals surface area contributed by atoms with Gasteiger partial charge >= 0.3 is 18.2 Å². The van der Waals surface area contributed by atoms with E-state index in [1.165, 1.54) is 54.4 Å². The molecule has 286 valence electrons. The molecule has 2 fully saturated rings. The van der Waals surface area contributed by atoms with Gasteiger partial charge in [-0.25, -0.2) is 27.9 Å². The molecular formula is C33H36F5N7O7S. The predicted octanol–water partition coefficient (Wildman–Crippen LogP) is 4.27. The van der Waals surface area contributed by atoms with E-state index in [2.05, 4.69) is 20.1 Å². The summed E-state index contributed by atoms with van der Waals surface area (Å²) < 4.78 is 93.8. The first-order valence-corrected chi connectivity index (χ1v) is 17.6. The van der Waals surface area contributed by atoms with Crippen LogP contribution >= 0.6 is 0 Å². The largest absolute Gasteiger partial charge is 0.598 e. The number of alkyl halides is 5. The molecule has 0 radical (unpaired) electrons. The highest BCUT2D eigenvalue weighted by molar-refractivity contribution is 7.90. The molecule has 4 heterocycles. The molecule has 2 aromatic heterocycles. The molecule has 3 aliphatic rings. The summed E-state index contributed by atoms with van der Waals surface area (Å²) in [4.78, 5) is 63.6. The number of nitrogens with zero attached hydrogens (tertiary/aromatic N) is 5. The molecule has 4 atom stereocenters. The number of nitrogens with one attached hydrogen (secondary N) is 2. The number of carbonyl (C=O) groups is 4. The summed E-state index contributed by atoms with van der Waals surface area (Å²) in [5.74, 6) is -8.44. The van der Waals surface area contributed by atoms with Gasteiger partial charge in [0.2, 0.25) is 0 Å². The number of imidazole rings is 1. The van der Waals surface area contributed by atoms with E-state index in [4.69, 9.17) is 9.57 Å². The van der Waals surface area contributed by atoms with Gasteiger partial charge in [-0.3, -0.25) is 9.59 Å². The normalized spacial score (nSPS) is 20.5. The molecule has 6 rings (SSSR count). The molecule has 2 aliphatic heterocycles. The Hall–Kier alpha value is -4.40. The first-order valence-electron chi connectivity index (χ1n) is 16.5. The number of halogens is 5. The molecule has 0 bridgehead atoms. The van der Waals surface area contributed by atoms with Crippen molar-refractivity contribution in [2.75, 3.05) is 26.8 Å². The molecule has 4 amide bonds. The van der Waals surface area contributed by atoms with Crippen LogP contribution in [-0.4, -0.2) is 96.6 Å². The van der Waals surface area contributed by atoms with Crippen LogP contribution in [0.2, 0.25) is 0 Å². The van der Waals surface area contributed by atoms with E-state index in [1.54, 1.807) is 20.8 Å². The minimum absolute atomic E-state index is 0.0283. The molecule has 0 spiro atoms. The number of hydroxylamine groups is 2. The Balaban J connectivity index is 1.40. The number of hydrogen-bond donors (Lipinski definition) is 2. The van der Waals surface area contributed by atoms with Crippen LogP contribution < -0.4 is 10.0 Å². The first kappa shape index (κ1) is 38.3. The average molecular weight is 770 g/mol. The number of benzene rings is 1. The van der Waals surface area contributed by atoms with Gasteiger partial charge in [0.05, 0.1) is 66.3 Å². The maximum Gasteiger partial charge on any atom is 0.394 e. The van der Waals surface area contributed by atoms with Crippen LogP contribution in [0.25, 0.3) is 5.65 Å². The molecule has 53 heavy (non-hydrogen) atoms. The molecule has 2 unspecified atom stereocenters. The summed E-state index contributed by atoms with van der Waals surface area (Å²) >= 11 is -2.03. The summed E-state index contributed by atoms with van der Waals surface area (Å²) in [6, 6.07) is 3.64. The van der Waals surface area contributed by atoms with E-state index in [-0.39, 0.29) is 52.5 Å². The fraction of sp³-hybridized carbons (Fsp3) is 0.515. The van der Waals surface area contributed by atoms with Crippen molar-refractivity contribution < 1.29 is 55.3 Å². The highest BCUT2D eigenvalue weighted by atomic mass is 32.2. The maximum absolute atomic E-state index is 14.5. The summed E-state index contributed by atoms with van der Waals surface area (Å²) in [6.45, 7) is 2.79. The zero-order chi connectivity index (χ0) is 38.7. The molecule has 14 nitrogen and oxygen atoms in total. The minimum Gasteiger partial charge on any atom is -0.598 e. The zero-order valence-corrected chi connectivity index (χ0v) is 29.7. The zero-order valence-electron chi connectivity index (χ0n) is 28.9. The number of carbonyl (C=O) groups excluding carboxylic acids is 4. The van der Waals surface area contributed by atoms with Gasteiger partial charge < -0.3 is 24.3 Å². The molecule has 1 saturated carbocycles. The Kier molecular flexibility index (Phi) is 9.97. The number of fused-ring (bicyclic) bond motifs is 2. The van der Waals surface area contributed by atoms with Gasteiger partial charge in [-0.05, 0) is 58.2 Å². The Morgan fingerprint density at radius 2 is 1.75 bits per heavy atom. The number of rotatable bonds is 12. The number of ether oxygens (including phenoxy) is 1. The van der Waals surface area contributed by atoms with Crippen LogP contribution in [0.4, 0.5) is 26.7 Å². The SMILES string of the molecule is COC[C@H](c1cnn2cc(C(N[S@@+]([O-])C(C)(C)C)C(CC3(C(F)(F)F)CC3)C(=O)ON3C(=O)c4ccccc4C3=O)nc2c1)N1CC(F)(F)CNC1=O. The highest BCUT2D eigenvalue weighted by Crippen LogP contribution is 2.62. The number of aromatic nitrogens is 3. The Labute approximate surface area is 302 Å². The van der Waals surface area contributed by atoms with Crippen LogP contribution in [0.3, 0.4) is 0 Å². The summed E-state index contributed by atoms with van der Waals surface area (Å²) in [7, 11) is 1.31. The molecule has 3 aromatic rings. The van der Waals surface area contributed by atoms with Gasteiger partial charge in [-0.2, -0.15) is 18.3 Å². The van der Waals surface area contributed by atoms with Gasteiger partial charge in [0, 0.05) is 24.0 Å². The third-order valence-corrected chi connectivity index (χ3v) is 11.0. The van der Waals surface area contributed by atoms with E-state index < -0.39 is 94.9 Å². The lowest BCUT2D eigenvalue weighted by Crippen LogP contribution is -2.58. The van der Waals surface area contributed by atoms with Crippen LogP contribution in [-0.2, 0) is 25.7 Å². The number of amides is 4. The Morgan fingerprint density at radius 1 is 1.11 bits per heavy atom. The van der Waals surface area contributed by atoms with E-state index in [1.807, 2.05) is 0 Å². The molecule has 20 heteroatoms. The standard InChI is InChI=1S/C33H36F5N7O7S/c1-30(2,3)53(50)42-25(22-14-44-24(41-22)11-18(13-40-44)23(15-51-4)43-17-32(34,35)16-39-29(43)49)21(12-31(9-10-31)33(36,37)38)28(48)52-45-26(46)19-7-5-6-8-20(19)27(45)47/h5-8,11,13-14,21,23,25,42H,9-10,12,15-17H2,1-4H3,(H,39,49)/t21?,23-,25?,53+/m1/s1. The monoisotopic (exact) mass is 769 g/mol. The van der Waals surface area contributed by atoms with Crippen LogP contribution in [0.5, 0.6) is 0 Å². The van der Waals surface area contributed by atoms with Gasteiger partial charge in [0.1, 0.15) is 10.8 Å². The minimum atomic E-state index is -4.75. The Morgan fingerprint density at radius 3 is 2.32 bits per heavy atom. The first-order chi connectivity index (χ1) is 24.7. The van der Waals surface area contributed by atoms with Gasteiger partial charge in [-0.15, -0.1) is 4.72 Å². The molecular weight excluding hydrogens is 733 g/mol. The maximum atomic E-state index is 14.5. The molecule has 1 aromatic carbocycles. The van der Waals surface area contributed by atoms with E-state index in [0.29, 0.717) is 0 Å². The topological polar surface area (TPSA) is 171 Å². The summed E-state index contributed by atoms with van der Waals surface area (Å²) in [5, 5.41) is 6.62. The van der Waals surface area contributed by atoms with Gasteiger partial charge in [-0.1, -0.05) is 17.2 Å². The van der Waals surface area contributed by atoms with E-state index in [0.717, 1.165) is 4.90 Å². The summed E-state index contributed by atoms with van der Waals surface area (Å²) in [5.41, 5.74) is -2.32. The van der Waals surface area contributed by atoms with Crippen LogP contribution in [0, 0.1) is 11.3 Å². The number of hydrogen-bond acceptors (Lipinski definition) is 10. The van der Waals surface area contributed by atoms with Crippen molar-refractivity contribution in [3.8, 4) is 0 Å². The van der Waals surface area contributed by atoms with Crippen LogP contribution in [0.15, 0.2) is 42.7 Å². The van der Waals surface area contributed by atoms with Crippen molar-refractivity contribution in [1.82, 2.24) is 34.6 Å². The lowest BCUT2D eigenvalue weighted by Gasteiger charge is -2.38. The van der Waals surface area contributed by atoms with Crippen molar-refractivity contribution in [1.29, 1.82) is 0 Å². The lowest BCUT2D eigenvalue weighted by atomic mass is 9.85. The smallest absolute Gasteiger partial charge is 0.394 e. The fourth-order valence-corrected chi connectivity index (χ4v) is 7.13. The molecule has 2 N–H and O–H groups in total. The van der Waals surface area contributed by atoms with Gasteiger partial charge in [0.15, 0.2) is 5.65 Å². The van der Waals surface area contributed by atoms with Crippen LogP contribution in [0.1, 0.15) is 84.1 Å². The second-order valence-electron chi connectivity index (χ2n) is 14.3. The van der Waals surface area contributed by atoms with Crippen molar-refractivity contribution in [2.45, 2.75) is 69.0 Å². The number of urea groups is 1. The summed E-state index contributed by atoms with van der Waals surface area (Å²) in [6.07, 6.45) is -3.71. The lowest BCUT2D eigenvalue weighted by molar-refractivity contribution is -0.199. The highest BCUT2D eigenvalue weighted by Gasteiger charge is 2.65. The molecule has 1 aliphatic carbocycles. The third kappa shape index (κ3) is 7.54. The van der Waals surface area contributed by atoms with Crippen molar-refractivity contribution in [2.24, 2.45) is 11.3 Å². The van der Waals surface area contributed by atoms with E-state index in [9.17, 15) is 45.7 Å². The number of methoxy groups -OCH3 is 1. The van der Waals surface area contributed by atoms with E-state index >= 15 is 0 Å². The quantitative estimate of drug-likeness (QED) is 0.154. The molecule has 1 saturated heterocycles. The third-order valence-electron chi connectivity index (χ3n) is 9.42. The predicted molar refractivity (Wildman–Crippen MR) is 175 cm³/mol. The van der Waals surface area contributed by atoms with Gasteiger partial charge in [0.25, 0.3) is 17.7 Å². The van der Waals surface area contributed by atoms with Crippen molar-refractivity contribution >= 4 is 40.8 Å². The average Bonchev–Trinajstić information content (AvgIpc) is 3.72. The Bertz CT molecular complexity index is 1900. The second kappa shape index (κ2) is 13.8. The second-order valence-corrected chi connectivity index (χ2v) is 16.3. The van der Waals surface area contributed by atoms with Crippen molar-refractivity contribution in [3.63, 3.8) is 0 Å². The number of imide groups is 1.